The highest BCUT2D eigenvalue weighted by Crippen LogP contribution is 2.35. The van der Waals surface area contributed by atoms with E-state index < -0.39 is 17.5 Å². The quantitative estimate of drug-likeness (QED) is 0.710. The van der Waals surface area contributed by atoms with Gasteiger partial charge in [0.25, 0.3) is 0 Å². The summed E-state index contributed by atoms with van der Waals surface area (Å²) in [7, 11) is 0. The first-order valence-corrected chi connectivity index (χ1v) is 9.69. The molecule has 0 bridgehead atoms. The standard InChI is InChI=1S/C18H21F3N4O2S/c1-17(2,3)27-16(26)25-8-4-5-12(10-25)15-24-23-14(28-15)11-6-7-22-13(9-11)18(19,20)21/h6-7,9,12H,4-5,8,10H2,1-3H3. The van der Waals surface area contributed by atoms with Gasteiger partial charge in [0.1, 0.15) is 21.3 Å². The molecular formula is C18H21F3N4O2S. The lowest BCUT2D eigenvalue weighted by molar-refractivity contribution is -0.141. The van der Waals surface area contributed by atoms with Crippen LogP contribution >= 0.6 is 11.3 Å². The number of alkyl halides is 3. The lowest BCUT2D eigenvalue weighted by atomic mass is 9.99. The number of halogens is 3. The van der Waals surface area contributed by atoms with Crippen molar-refractivity contribution < 1.29 is 22.7 Å². The molecule has 1 aliphatic heterocycles. The van der Waals surface area contributed by atoms with E-state index >= 15 is 0 Å². The summed E-state index contributed by atoms with van der Waals surface area (Å²) in [4.78, 5) is 17.3. The Balaban J connectivity index is 1.74. The van der Waals surface area contributed by atoms with E-state index in [-0.39, 0.29) is 12.0 Å². The first kappa shape index (κ1) is 20.5. The fraction of sp³-hybridized carbons (Fsp3) is 0.556. The van der Waals surface area contributed by atoms with Crippen LogP contribution in [0.3, 0.4) is 0 Å². The summed E-state index contributed by atoms with van der Waals surface area (Å²) in [5.41, 5.74) is -1.21. The zero-order valence-corrected chi connectivity index (χ0v) is 16.6. The number of aromatic nitrogens is 3. The fourth-order valence-electron chi connectivity index (χ4n) is 2.91. The molecule has 6 nitrogen and oxygen atoms in total. The lowest BCUT2D eigenvalue weighted by Crippen LogP contribution is -2.42. The van der Waals surface area contributed by atoms with Crippen molar-refractivity contribution in [3.05, 3.63) is 29.0 Å². The van der Waals surface area contributed by atoms with Crippen LogP contribution in [-0.4, -0.2) is 44.9 Å². The van der Waals surface area contributed by atoms with Crippen LogP contribution < -0.4 is 0 Å². The average molecular weight is 414 g/mol. The molecule has 1 amide bonds. The molecule has 2 aromatic heterocycles. The third-order valence-corrected chi connectivity index (χ3v) is 5.30. The van der Waals surface area contributed by atoms with Gasteiger partial charge in [0.15, 0.2) is 0 Å². The van der Waals surface area contributed by atoms with E-state index in [1.807, 2.05) is 20.8 Å². The highest BCUT2D eigenvalue weighted by Gasteiger charge is 2.33. The highest BCUT2D eigenvalue weighted by molar-refractivity contribution is 7.14. The highest BCUT2D eigenvalue weighted by atomic mass is 32.1. The maximum atomic E-state index is 12.9. The van der Waals surface area contributed by atoms with E-state index in [1.54, 1.807) is 4.90 Å². The molecule has 1 unspecified atom stereocenters. The molecule has 1 fully saturated rings. The minimum absolute atomic E-state index is 0.0172. The maximum Gasteiger partial charge on any atom is 0.433 e. The molecule has 0 spiro atoms. The van der Waals surface area contributed by atoms with Crippen LogP contribution in [0.1, 0.15) is 50.2 Å². The van der Waals surface area contributed by atoms with Gasteiger partial charge in [-0.25, -0.2) is 4.79 Å². The van der Waals surface area contributed by atoms with Crippen LogP contribution in [0.15, 0.2) is 18.3 Å². The molecule has 0 aromatic carbocycles. The molecule has 0 N–H and O–H groups in total. The molecule has 0 saturated carbocycles. The Morgan fingerprint density at radius 3 is 2.71 bits per heavy atom. The van der Waals surface area contributed by atoms with E-state index in [9.17, 15) is 18.0 Å². The molecule has 1 aliphatic rings. The van der Waals surface area contributed by atoms with E-state index in [0.29, 0.717) is 28.7 Å². The van der Waals surface area contributed by atoms with Gasteiger partial charge in [0.05, 0.1) is 0 Å². The third-order valence-electron chi connectivity index (χ3n) is 4.16. The second-order valence-corrected chi connectivity index (χ2v) is 8.65. The second-order valence-electron chi connectivity index (χ2n) is 7.64. The summed E-state index contributed by atoms with van der Waals surface area (Å²) in [6.45, 7) is 6.50. The number of nitrogens with zero attached hydrogens (tertiary/aromatic N) is 4. The number of pyridine rings is 1. The molecule has 28 heavy (non-hydrogen) atoms. The van der Waals surface area contributed by atoms with E-state index in [0.717, 1.165) is 25.1 Å². The van der Waals surface area contributed by atoms with Gasteiger partial charge >= 0.3 is 12.3 Å². The number of rotatable bonds is 2. The van der Waals surface area contributed by atoms with Crippen LogP contribution in [0.4, 0.5) is 18.0 Å². The number of carbonyl (C=O) groups excluding carboxylic acids is 1. The van der Waals surface area contributed by atoms with E-state index in [4.69, 9.17) is 4.74 Å². The Morgan fingerprint density at radius 1 is 1.29 bits per heavy atom. The summed E-state index contributed by atoms with van der Waals surface area (Å²) < 4.78 is 44.0. The van der Waals surface area contributed by atoms with Crippen molar-refractivity contribution in [2.45, 2.75) is 51.3 Å². The normalized spacial score (nSPS) is 18.2. The number of ether oxygens (including phenoxy) is 1. The van der Waals surface area contributed by atoms with Gasteiger partial charge in [-0.3, -0.25) is 4.98 Å². The van der Waals surface area contributed by atoms with Crippen LogP contribution in [0.2, 0.25) is 0 Å². The molecule has 3 heterocycles. The number of hydrogen-bond acceptors (Lipinski definition) is 6. The number of carbonyl (C=O) groups is 1. The van der Waals surface area contributed by atoms with Crippen molar-refractivity contribution in [1.82, 2.24) is 20.1 Å². The van der Waals surface area contributed by atoms with Gasteiger partial charge in [-0.05, 0) is 45.7 Å². The van der Waals surface area contributed by atoms with Crippen molar-refractivity contribution in [3.63, 3.8) is 0 Å². The summed E-state index contributed by atoms with van der Waals surface area (Å²) in [5, 5.41) is 9.32. The fourth-order valence-corrected chi connectivity index (χ4v) is 3.87. The molecule has 0 aliphatic carbocycles. The van der Waals surface area contributed by atoms with E-state index in [2.05, 4.69) is 15.2 Å². The molecule has 3 rings (SSSR count). The van der Waals surface area contributed by atoms with Crippen LogP contribution in [0, 0.1) is 0 Å². The number of piperidine rings is 1. The number of hydrogen-bond donors (Lipinski definition) is 0. The third kappa shape index (κ3) is 4.98. The molecule has 1 atom stereocenters. The summed E-state index contributed by atoms with van der Waals surface area (Å²) >= 11 is 1.24. The predicted molar refractivity (Wildman–Crippen MR) is 97.9 cm³/mol. The van der Waals surface area contributed by atoms with Crippen LogP contribution in [0.25, 0.3) is 10.6 Å². The monoisotopic (exact) mass is 414 g/mol. The van der Waals surface area contributed by atoms with Gasteiger partial charge in [0, 0.05) is 30.8 Å². The molecule has 152 valence electrons. The number of amides is 1. The SMILES string of the molecule is CC(C)(C)OC(=O)N1CCCC(c2nnc(-c3ccnc(C(F)(F)F)c3)s2)C1. The zero-order chi connectivity index (χ0) is 20.5. The smallest absolute Gasteiger partial charge is 0.433 e. The van der Waals surface area contributed by atoms with Crippen LogP contribution in [-0.2, 0) is 10.9 Å². The Kier molecular flexibility index (Phi) is 5.60. The Hall–Kier alpha value is -2.23. The predicted octanol–water partition coefficient (Wildman–Crippen LogP) is 4.73. The topological polar surface area (TPSA) is 68.2 Å². The van der Waals surface area contributed by atoms with Gasteiger partial charge < -0.3 is 9.64 Å². The Bertz CT molecular complexity index is 848. The lowest BCUT2D eigenvalue weighted by Gasteiger charge is -2.33. The molecule has 2 aromatic rings. The van der Waals surface area contributed by atoms with Crippen molar-refractivity contribution in [2.24, 2.45) is 0 Å². The molecule has 1 saturated heterocycles. The minimum atomic E-state index is -4.51. The Morgan fingerprint density at radius 2 is 2.04 bits per heavy atom. The zero-order valence-electron chi connectivity index (χ0n) is 15.8. The van der Waals surface area contributed by atoms with Crippen molar-refractivity contribution in [3.8, 4) is 10.6 Å². The second kappa shape index (κ2) is 7.65. The summed E-state index contributed by atoms with van der Waals surface area (Å²) in [6.07, 6.45) is -2.14. The largest absolute Gasteiger partial charge is 0.444 e. The first-order chi connectivity index (χ1) is 13.0. The van der Waals surface area contributed by atoms with Crippen molar-refractivity contribution >= 4 is 17.4 Å². The average Bonchev–Trinajstić information content (AvgIpc) is 3.10. The Labute approximate surface area is 164 Å². The van der Waals surface area contributed by atoms with Crippen molar-refractivity contribution in [2.75, 3.05) is 13.1 Å². The summed E-state index contributed by atoms with van der Waals surface area (Å²) in [6, 6.07) is 2.45. The van der Waals surface area contributed by atoms with Crippen molar-refractivity contribution in [1.29, 1.82) is 0 Å². The van der Waals surface area contributed by atoms with Gasteiger partial charge in [-0.15, -0.1) is 10.2 Å². The van der Waals surface area contributed by atoms with Gasteiger partial charge in [-0.2, -0.15) is 13.2 Å². The number of likely N-dealkylation sites (tertiary alicyclic amines) is 1. The first-order valence-electron chi connectivity index (χ1n) is 8.88. The molecular weight excluding hydrogens is 393 g/mol. The maximum absolute atomic E-state index is 12.9. The van der Waals surface area contributed by atoms with Gasteiger partial charge in [-0.1, -0.05) is 11.3 Å². The van der Waals surface area contributed by atoms with E-state index in [1.165, 1.54) is 17.4 Å². The van der Waals surface area contributed by atoms with Crippen LogP contribution in [0.5, 0.6) is 0 Å². The molecule has 0 radical (unpaired) electrons. The minimum Gasteiger partial charge on any atom is -0.444 e. The van der Waals surface area contributed by atoms with Gasteiger partial charge in [0.2, 0.25) is 0 Å². The summed E-state index contributed by atoms with van der Waals surface area (Å²) in [5.74, 6) is -0.0172. The molecule has 10 heteroatoms.